The van der Waals surface area contributed by atoms with Crippen molar-refractivity contribution >= 4 is 17.4 Å². The van der Waals surface area contributed by atoms with E-state index in [1.165, 1.54) is 24.3 Å². The standard InChI is InChI=1S/C24H19FN2O3/c1-30-22-10-6-5-9-19(22)24(29)27-21(23(28)17-7-3-2-4-8-17)15-20(26-27)16-11-13-18(25)14-12-16/h2-14,21H,15H2,1H3/t21-/m0/s1. The highest BCUT2D eigenvalue weighted by Gasteiger charge is 2.38. The van der Waals surface area contributed by atoms with Crippen molar-refractivity contribution in [3.05, 3.63) is 101 Å². The van der Waals surface area contributed by atoms with Crippen LogP contribution in [0.3, 0.4) is 0 Å². The molecule has 4 rings (SSSR count). The van der Waals surface area contributed by atoms with E-state index in [2.05, 4.69) is 5.10 Å². The Kier molecular flexibility index (Phi) is 5.39. The van der Waals surface area contributed by atoms with Crippen LogP contribution >= 0.6 is 0 Å². The minimum atomic E-state index is -0.801. The van der Waals surface area contributed by atoms with Crippen LogP contribution < -0.4 is 4.74 Å². The summed E-state index contributed by atoms with van der Waals surface area (Å²) in [6, 6.07) is 20.6. The zero-order valence-electron chi connectivity index (χ0n) is 16.3. The number of benzene rings is 3. The number of carbonyl (C=O) groups is 2. The number of methoxy groups -OCH3 is 1. The van der Waals surface area contributed by atoms with E-state index in [1.807, 2.05) is 6.07 Å². The fourth-order valence-corrected chi connectivity index (χ4v) is 3.46. The number of amides is 1. The van der Waals surface area contributed by atoms with E-state index in [0.29, 0.717) is 28.2 Å². The molecule has 0 N–H and O–H groups in total. The summed E-state index contributed by atoms with van der Waals surface area (Å²) >= 11 is 0. The quantitative estimate of drug-likeness (QED) is 0.597. The van der Waals surface area contributed by atoms with Crippen LogP contribution in [0.25, 0.3) is 0 Å². The van der Waals surface area contributed by atoms with E-state index in [4.69, 9.17) is 4.74 Å². The number of hydrogen-bond donors (Lipinski definition) is 0. The van der Waals surface area contributed by atoms with Gasteiger partial charge >= 0.3 is 0 Å². The van der Waals surface area contributed by atoms with Gasteiger partial charge in [-0.2, -0.15) is 5.10 Å². The summed E-state index contributed by atoms with van der Waals surface area (Å²) in [7, 11) is 1.48. The van der Waals surface area contributed by atoms with Crippen molar-refractivity contribution in [1.82, 2.24) is 5.01 Å². The number of ketones is 1. The normalized spacial score (nSPS) is 15.6. The molecule has 1 aliphatic heterocycles. The van der Waals surface area contributed by atoms with Gasteiger partial charge in [-0.15, -0.1) is 0 Å². The first kappa shape index (κ1) is 19.5. The number of halogens is 1. The molecule has 0 fully saturated rings. The Hall–Kier alpha value is -3.80. The molecule has 150 valence electrons. The summed E-state index contributed by atoms with van der Waals surface area (Å²) in [6.45, 7) is 0. The molecule has 1 amide bonds. The van der Waals surface area contributed by atoms with Crippen LogP contribution in [0.15, 0.2) is 84.0 Å². The molecule has 0 saturated carbocycles. The second-order valence-electron chi connectivity index (χ2n) is 6.85. The second-order valence-corrected chi connectivity index (χ2v) is 6.85. The Balaban J connectivity index is 1.74. The monoisotopic (exact) mass is 402 g/mol. The van der Waals surface area contributed by atoms with E-state index in [-0.39, 0.29) is 18.0 Å². The molecular weight excluding hydrogens is 383 g/mol. The molecule has 0 saturated heterocycles. The van der Waals surface area contributed by atoms with Crippen LogP contribution in [0.5, 0.6) is 5.75 Å². The first-order valence-corrected chi connectivity index (χ1v) is 9.47. The lowest BCUT2D eigenvalue weighted by Crippen LogP contribution is -2.38. The first-order valence-electron chi connectivity index (χ1n) is 9.47. The SMILES string of the molecule is COc1ccccc1C(=O)N1N=C(c2ccc(F)cc2)C[C@H]1C(=O)c1ccccc1. The number of hydrogen-bond acceptors (Lipinski definition) is 4. The average molecular weight is 402 g/mol. The van der Waals surface area contributed by atoms with Crippen LogP contribution in [-0.4, -0.2) is 35.6 Å². The first-order chi connectivity index (χ1) is 14.6. The molecule has 3 aromatic carbocycles. The molecule has 0 bridgehead atoms. The van der Waals surface area contributed by atoms with Gasteiger partial charge < -0.3 is 4.74 Å². The van der Waals surface area contributed by atoms with Gasteiger partial charge in [0.1, 0.15) is 17.6 Å². The predicted molar refractivity (Wildman–Crippen MR) is 111 cm³/mol. The molecule has 0 unspecified atom stereocenters. The molecule has 1 heterocycles. The van der Waals surface area contributed by atoms with E-state index in [1.54, 1.807) is 60.7 Å². The zero-order chi connectivity index (χ0) is 21.1. The molecule has 6 heteroatoms. The zero-order valence-corrected chi connectivity index (χ0v) is 16.3. The molecule has 1 atom stereocenters. The summed E-state index contributed by atoms with van der Waals surface area (Å²) in [5.41, 5.74) is 2.02. The average Bonchev–Trinajstić information content (AvgIpc) is 3.24. The Morgan fingerprint density at radius 3 is 2.33 bits per heavy atom. The lowest BCUT2D eigenvalue weighted by atomic mass is 9.97. The lowest BCUT2D eigenvalue weighted by molar-refractivity contribution is 0.0644. The maximum atomic E-state index is 13.3. The number of nitrogens with zero attached hydrogens (tertiary/aromatic N) is 2. The Bertz CT molecular complexity index is 1110. The van der Waals surface area contributed by atoms with Gasteiger partial charge in [0, 0.05) is 12.0 Å². The lowest BCUT2D eigenvalue weighted by Gasteiger charge is -2.21. The van der Waals surface area contributed by atoms with Crippen molar-refractivity contribution in [3.8, 4) is 5.75 Å². The number of ether oxygens (including phenoxy) is 1. The minimum Gasteiger partial charge on any atom is -0.496 e. The van der Waals surface area contributed by atoms with Crippen molar-refractivity contribution in [1.29, 1.82) is 0 Å². The largest absolute Gasteiger partial charge is 0.496 e. The van der Waals surface area contributed by atoms with Crippen LogP contribution in [0.2, 0.25) is 0 Å². The number of Topliss-reactive ketones (excluding diaryl/α,β-unsaturated/α-hetero) is 1. The molecule has 5 nitrogen and oxygen atoms in total. The number of rotatable bonds is 5. The molecule has 0 spiro atoms. The highest BCUT2D eigenvalue weighted by Crippen LogP contribution is 2.28. The van der Waals surface area contributed by atoms with Crippen LogP contribution in [0.1, 0.15) is 32.7 Å². The van der Waals surface area contributed by atoms with Crippen molar-refractivity contribution < 1.29 is 18.7 Å². The van der Waals surface area contributed by atoms with E-state index in [9.17, 15) is 14.0 Å². The van der Waals surface area contributed by atoms with Crippen molar-refractivity contribution in [3.63, 3.8) is 0 Å². The van der Waals surface area contributed by atoms with Gasteiger partial charge in [-0.3, -0.25) is 9.59 Å². The highest BCUT2D eigenvalue weighted by atomic mass is 19.1. The molecule has 0 radical (unpaired) electrons. The maximum Gasteiger partial charge on any atom is 0.278 e. The Morgan fingerprint density at radius 2 is 1.63 bits per heavy atom. The van der Waals surface area contributed by atoms with E-state index >= 15 is 0 Å². The number of carbonyl (C=O) groups excluding carboxylic acids is 2. The van der Waals surface area contributed by atoms with Gasteiger partial charge in [0.2, 0.25) is 0 Å². The fraction of sp³-hybridized carbons (Fsp3) is 0.125. The molecule has 0 aliphatic carbocycles. The van der Waals surface area contributed by atoms with Crippen molar-refractivity contribution in [2.75, 3.05) is 7.11 Å². The molecule has 1 aliphatic rings. The molecule has 30 heavy (non-hydrogen) atoms. The maximum absolute atomic E-state index is 13.3. The second kappa shape index (κ2) is 8.29. The third-order valence-corrected chi connectivity index (χ3v) is 4.99. The highest BCUT2D eigenvalue weighted by molar-refractivity contribution is 6.12. The van der Waals surface area contributed by atoms with E-state index < -0.39 is 11.9 Å². The fourth-order valence-electron chi connectivity index (χ4n) is 3.46. The van der Waals surface area contributed by atoms with Gasteiger partial charge in [0.25, 0.3) is 5.91 Å². The topological polar surface area (TPSA) is 59.0 Å². The molecule has 0 aromatic heterocycles. The van der Waals surface area contributed by atoms with Crippen LogP contribution in [-0.2, 0) is 0 Å². The van der Waals surface area contributed by atoms with Gasteiger partial charge in [0.05, 0.1) is 18.4 Å². The number of hydrazone groups is 1. The van der Waals surface area contributed by atoms with Gasteiger partial charge in [0.15, 0.2) is 5.78 Å². The summed E-state index contributed by atoms with van der Waals surface area (Å²) in [4.78, 5) is 26.6. The molecule has 3 aromatic rings. The van der Waals surface area contributed by atoms with Gasteiger partial charge in [-0.05, 0) is 29.8 Å². The van der Waals surface area contributed by atoms with Gasteiger partial charge in [-0.1, -0.05) is 54.6 Å². The summed E-state index contributed by atoms with van der Waals surface area (Å²) in [6.07, 6.45) is 0.236. The van der Waals surface area contributed by atoms with Crippen LogP contribution in [0, 0.1) is 5.82 Å². The minimum absolute atomic E-state index is 0.209. The summed E-state index contributed by atoms with van der Waals surface area (Å²) < 4.78 is 18.6. The summed E-state index contributed by atoms with van der Waals surface area (Å²) in [5.74, 6) is -0.603. The Labute approximate surface area is 173 Å². The Morgan fingerprint density at radius 1 is 0.967 bits per heavy atom. The third-order valence-electron chi connectivity index (χ3n) is 4.99. The summed E-state index contributed by atoms with van der Waals surface area (Å²) in [5, 5.41) is 5.68. The third kappa shape index (κ3) is 3.72. The smallest absolute Gasteiger partial charge is 0.278 e. The number of para-hydroxylation sites is 1. The molecular formula is C24H19FN2O3. The van der Waals surface area contributed by atoms with Crippen molar-refractivity contribution in [2.45, 2.75) is 12.5 Å². The van der Waals surface area contributed by atoms with Gasteiger partial charge in [-0.25, -0.2) is 9.40 Å². The van der Waals surface area contributed by atoms with Crippen molar-refractivity contribution in [2.24, 2.45) is 5.10 Å². The predicted octanol–water partition coefficient (Wildman–Crippen LogP) is 4.34. The van der Waals surface area contributed by atoms with E-state index in [0.717, 1.165) is 0 Å². The van der Waals surface area contributed by atoms with Crippen LogP contribution in [0.4, 0.5) is 4.39 Å².